The molecule has 2 saturated heterocycles. The van der Waals surface area contributed by atoms with Gasteiger partial charge in [-0.15, -0.1) is 12.4 Å². The molecule has 0 radical (unpaired) electrons. The Balaban J connectivity index is 0.00000176. The van der Waals surface area contributed by atoms with Gasteiger partial charge in [-0.05, 0) is 50.8 Å². The first-order chi connectivity index (χ1) is 10.2. The molecule has 2 aliphatic rings. The summed E-state index contributed by atoms with van der Waals surface area (Å²) in [7, 11) is 0. The van der Waals surface area contributed by atoms with Crippen molar-refractivity contribution in [2.45, 2.75) is 44.7 Å². The molecule has 122 valence electrons. The van der Waals surface area contributed by atoms with E-state index >= 15 is 0 Å². The topological polar surface area (TPSA) is 32.3 Å². The van der Waals surface area contributed by atoms with Gasteiger partial charge < -0.3 is 10.2 Å². The number of benzene rings is 1. The minimum atomic E-state index is 0. The van der Waals surface area contributed by atoms with Gasteiger partial charge in [-0.3, -0.25) is 4.79 Å². The minimum Gasteiger partial charge on any atom is -0.335 e. The summed E-state index contributed by atoms with van der Waals surface area (Å²) in [5, 5.41) is 4.20. The molecule has 3 rings (SSSR count). The van der Waals surface area contributed by atoms with Crippen molar-refractivity contribution in [3.05, 3.63) is 34.9 Å². The second-order valence-corrected chi connectivity index (χ2v) is 6.69. The lowest BCUT2D eigenvalue weighted by molar-refractivity contribution is -0.137. The fourth-order valence-corrected chi connectivity index (χ4v) is 3.95. The zero-order valence-electron chi connectivity index (χ0n) is 12.9. The van der Waals surface area contributed by atoms with Crippen molar-refractivity contribution in [1.82, 2.24) is 10.2 Å². The van der Waals surface area contributed by atoms with E-state index in [-0.39, 0.29) is 24.4 Å². The lowest BCUT2D eigenvalue weighted by Crippen LogP contribution is -2.44. The molecule has 2 aliphatic heterocycles. The molecular weight excluding hydrogens is 319 g/mol. The average Bonchev–Trinajstić information content (AvgIpc) is 2.96. The molecule has 1 aromatic rings. The van der Waals surface area contributed by atoms with Gasteiger partial charge in [-0.25, -0.2) is 0 Å². The van der Waals surface area contributed by atoms with Gasteiger partial charge in [0.05, 0.1) is 6.04 Å². The van der Waals surface area contributed by atoms with Crippen LogP contribution in [0.5, 0.6) is 0 Å². The first kappa shape index (κ1) is 17.6. The summed E-state index contributed by atoms with van der Waals surface area (Å²) in [5.41, 5.74) is 1.10. The fourth-order valence-electron chi connectivity index (χ4n) is 3.69. The van der Waals surface area contributed by atoms with Gasteiger partial charge in [0.1, 0.15) is 0 Å². The smallest absolute Gasteiger partial charge is 0.226 e. The van der Waals surface area contributed by atoms with Gasteiger partial charge in [0.2, 0.25) is 5.91 Å². The SMILES string of the molecule is C[C@H]1C[C@@H](C(=O)N2CCCC2c2ccccc2Cl)CCN1.Cl. The van der Waals surface area contributed by atoms with Crippen LogP contribution in [0.1, 0.15) is 44.2 Å². The zero-order valence-corrected chi connectivity index (χ0v) is 14.5. The van der Waals surface area contributed by atoms with E-state index in [1.165, 1.54) is 0 Å². The number of halogens is 2. The zero-order chi connectivity index (χ0) is 14.8. The van der Waals surface area contributed by atoms with Crippen LogP contribution in [0.2, 0.25) is 5.02 Å². The lowest BCUT2D eigenvalue weighted by atomic mass is 9.91. The Morgan fingerprint density at radius 3 is 2.82 bits per heavy atom. The molecule has 22 heavy (non-hydrogen) atoms. The summed E-state index contributed by atoms with van der Waals surface area (Å²) in [6.45, 7) is 3.98. The van der Waals surface area contributed by atoms with Gasteiger partial charge >= 0.3 is 0 Å². The molecule has 1 amide bonds. The monoisotopic (exact) mass is 342 g/mol. The van der Waals surface area contributed by atoms with E-state index in [1.54, 1.807) is 0 Å². The van der Waals surface area contributed by atoms with Crippen LogP contribution < -0.4 is 5.32 Å². The van der Waals surface area contributed by atoms with Crippen LogP contribution in [-0.4, -0.2) is 29.9 Å². The second kappa shape index (κ2) is 7.67. The molecule has 3 atom stereocenters. The molecule has 2 fully saturated rings. The molecule has 1 unspecified atom stereocenters. The Morgan fingerprint density at radius 1 is 1.32 bits per heavy atom. The highest BCUT2D eigenvalue weighted by Crippen LogP contribution is 2.37. The quantitative estimate of drug-likeness (QED) is 0.886. The van der Waals surface area contributed by atoms with Crippen molar-refractivity contribution in [2.24, 2.45) is 5.92 Å². The predicted octanol–water partition coefficient (Wildman–Crippen LogP) is 3.81. The van der Waals surface area contributed by atoms with E-state index in [1.807, 2.05) is 18.2 Å². The van der Waals surface area contributed by atoms with E-state index in [4.69, 9.17) is 11.6 Å². The molecule has 3 nitrogen and oxygen atoms in total. The number of likely N-dealkylation sites (tertiary alicyclic amines) is 1. The van der Waals surface area contributed by atoms with Crippen LogP contribution in [0.3, 0.4) is 0 Å². The van der Waals surface area contributed by atoms with E-state index in [0.29, 0.717) is 11.9 Å². The number of carbonyl (C=O) groups excluding carboxylic acids is 1. The van der Waals surface area contributed by atoms with Crippen molar-refractivity contribution < 1.29 is 4.79 Å². The normalized spacial score (nSPS) is 28.3. The maximum atomic E-state index is 12.9. The predicted molar refractivity (Wildman–Crippen MR) is 92.6 cm³/mol. The third-order valence-corrected chi connectivity index (χ3v) is 5.12. The highest BCUT2D eigenvalue weighted by atomic mass is 35.5. The van der Waals surface area contributed by atoms with Crippen molar-refractivity contribution in [2.75, 3.05) is 13.1 Å². The van der Waals surface area contributed by atoms with Crippen molar-refractivity contribution in [3.8, 4) is 0 Å². The molecule has 1 N–H and O–H groups in total. The van der Waals surface area contributed by atoms with E-state index in [0.717, 1.165) is 49.4 Å². The summed E-state index contributed by atoms with van der Waals surface area (Å²) in [6, 6.07) is 8.54. The fraction of sp³-hybridized carbons (Fsp3) is 0.588. The van der Waals surface area contributed by atoms with Gasteiger partial charge in [0.15, 0.2) is 0 Å². The Hall–Kier alpha value is -0.770. The minimum absolute atomic E-state index is 0. The van der Waals surface area contributed by atoms with E-state index in [2.05, 4.69) is 23.2 Å². The number of nitrogens with zero attached hydrogens (tertiary/aromatic N) is 1. The van der Waals surface area contributed by atoms with Crippen molar-refractivity contribution in [3.63, 3.8) is 0 Å². The van der Waals surface area contributed by atoms with Crippen molar-refractivity contribution in [1.29, 1.82) is 0 Å². The number of rotatable bonds is 2. The Labute approximate surface area is 143 Å². The molecule has 0 saturated carbocycles. The van der Waals surface area contributed by atoms with Crippen LogP contribution >= 0.6 is 24.0 Å². The standard InChI is InChI=1S/C17H23ClN2O.ClH/c1-12-11-13(8-9-19-12)17(21)20-10-4-7-16(20)14-5-2-3-6-15(14)18;/h2-3,5-6,12-13,16,19H,4,7-11H2,1H3;1H/t12-,13-,16?;/m0./s1. The lowest BCUT2D eigenvalue weighted by Gasteiger charge is -2.33. The Morgan fingerprint density at radius 2 is 2.09 bits per heavy atom. The van der Waals surface area contributed by atoms with Gasteiger partial charge in [0, 0.05) is 23.5 Å². The number of nitrogens with one attached hydrogen (secondary N) is 1. The van der Waals surface area contributed by atoms with Gasteiger partial charge in [-0.2, -0.15) is 0 Å². The Kier molecular flexibility index (Phi) is 6.13. The highest BCUT2D eigenvalue weighted by molar-refractivity contribution is 6.31. The number of hydrogen-bond acceptors (Lipinski definition) is 2. The maximum absolute atomic E-state index is 12.9. The summed E-state index contributed by atoms with van der Waals surface area (Å²) < 4.78 is 0. The second-order valence-electron chi connectivity index (χ2n) is 6.29. The molecule has 2 heterocycles. The maximum Gasteiger partial charge on any atom is 0.226 e. The van der Waals surface area contributed by atoms with Crippen LogP contribution in [0.4, 0.5) is 0 Å². The summed E-state index contributed by atoms with van der Waals surface area (Å²) in [4.78, 5) is 15.0. The molecular formula is C17H24Cl2N2O. The number of carbonyl (C=O) groups is 1. The van der Waals surface area contributed by atoms with E-state index in [9.17, 15) is 4.79 Å². The van der Waals surface area contributed by atoms with Crippen LogP contribution in [-0.2, 0) is 4.79 Å². The summed E-state index contributed by atoms with van der Waals surface area (Å²) in [5.74, 6) is 0.495. The summed E-state index contributed by atoms with van der Waals surface area (Å²) in [6.07, 6.45) is 4.00. The van der Waals surface area contributed by atoms with Crippen molar-refractivity contribution >= 4 is 29.9 Å². The van der Waals surface area contributed by atoms with Crippen LogP contribution in [0.25, 0.3) is 0 Å². The first-order valence-electron chi connectivity index (χ1n) is 7.95. The largest absolute Gasteiger partial charge is 0.335 e. The molecule has 0 aromatic heterocycles. The molecule has 0 aliphatic carbocycles. The number of hydrogen-bond donors (Lipinski definition) is 1. The number of piperidine rings is 1. The molecule has 5 heteroatoms. The first-order valence-corrected chi connectivity index (χ1v) is 8.33. The van der Waals surface area contributed by atoms with Crippen LogP contribution in [0, 0.1) is 5.92 Å². The summed E-state index contributed by atoms with van der Waals surface area (Å²) >= 11 is 6.34. The molecule has 0 bridgehead atoms. The highest BCUT2D eigenvalue weighted by Gasteiger charge is 2.36. The third-order valence-electron chi connectivity index (χ3n) is 4.77. The van der Waals surface area contributed by atoms with E-state index < -0.39 is 0 Å². The van der Waals surface area contributed by atoms with Crippen LogP contribution in [0.15, 0.2) is 24.3 Å². The van der Waals surface area contributed by atoms with Gasteiger partial charge in [-0.1, -0.05) is 29.8 Å². The molecule has 1 aromatic carbocycles. The third kappa shape index (κ3) is 3.58. The molecule has 0 spiro atoms. The Bertz CT molecular complexity index is 523. The van der Waals surface area contributed by atoms with Gasteiger partial charge in [0.25, 0.3) is 0 Å². The number of amides is 1. The average molecular weight is 343 g/mol.